The van der Waals surface area contributed by atoms with Gasteiger partial charge in [-0.2, -0.15) is 0 Å². The third kappa shape index (κ3) is 5.69. The van der Waals surface area contributed by atoms with Gasteiger partial charge in [0.05, 0.1) is 13.3 Å². The highest BCUT2D eigenvalue weighted by Crippen LogP contribution is 2.40. The molecule has 0 saturated heterocycles. The van der Waals surface area contributed by atoms with Gasteiger partial charge < -0.3 is 9.67 Å². The average Bonchev–Trinajstić information content (AvgIpc) is 1.81. The Balaban J connectivity index is 3.93. The molecule has 0 fully saturated rings. The van der Waals surface area contributed by atoms with E-state index < -0.39 is 13.1 Å². The van der Waals surface area contributed by atoms with Gasteiger partial charge in [-0.05, 0) is 6.66 Å². The summed E-state index contributed by atoms with van der Waals surface area (Å²) in [4.78, 5) is 10.2. The third-order valence-corrected chi connectivity index (χ3v) is 3.31. The van der Waals surface area contributed by atoms with Crippen LogP contribution in [0.4, 0.5) is 0 Å². The summed E-state index contributed by atoms with van der Waals surface area (Å²) in [6.07, 6.45) is 5.41. The van der Waals surface area contributed by atoms with E-state index in [1.165, 1.54) is 6.66 Å². The lowest BCUT2D eigenvalue weighted by Crippen LogP contribution is -2.04. The van der Waals surface area contributed by atoms with Crippen LogP contribution in [0.2, 0.25) is 0 Å². The Hall–Kier alpha value is -0.740. The van der Waals surface area contributed by atoms with E-state index in [-0.39, 0.29) is 6.16 Å². The van der Waals surface area contributed by atoms with Crippen LogP contribution in [0.15, 0.2) is 0 Å². The van der Waals surface area contributed by atoms with Crippen LogP contribution in [-0.4, -0.2) is 30.1 Å². The monoisotopic (exact) mass is 174 g/mol. The number of aliphatic carboxylic acids is 1. The van der Waals surface area contributed by atoms with Crippen LogP contribution in [0, 0.1) is 12.3 Å². The number of rotatable bonds is 4. The van der Waals surface area contributed by atoms with Gasteiger partial charge in [0.15, 0.2) is 0 Å². The second kappa shape index (κ2) is 4.20. The third-order valence-electron chi connectivity index (χ3n) is 1.20. The van der Waals surface area contributed by atoms with Crippen molar-refractivity contribution in [3.8, 4) is 12.3 Å². The van der Waals surface area contributed by atoms with E-state index in [1.54, 1.807) is 0 Å². The molecule has 0 heterocycles. The summed E-state index contributed by atoms with van der Waals surface area (Å²) in [6.45, 7) is 1.47. The fourth-order valence-corrected chi connectivity index (χ4v) is 2.00. The van der Waals surface area contributed by atoms with Crippen LogP contribution < -0.4 is 0 Å². The molecule has 0 aromatic rings. The summed E-state index contributed by atoms with van der Waals surface area (Å²) < 4.78 is 11.3. The maximum atomic E-state index is 11.3. The van der Waals surface area contributed by atoms with Gasteiger partial charge in [-0.3, -0.25) is 4.79 Å². The zero-order valence-electron chi connectivity index (χ0n) is 6.41. The molecule has 0 aliphatic carbocycles. The molecule has 0 aromatic heterocycles. The number of carbonyl (C=O) groups is 1. The molecule has 1 atom stereocenters. The van der Waals surface area contributed by atoms with Crippen molar-refractivity contribution in [3.63, 3.8) is 0 Å². The quantitative estimate of drug-likeness (QED) is 0.512. The average molecular weight is 174 g/mol. The Morgan fingerprint density at radius 2 is 2.27 bits per heavy atom. The Bertz CT molecular complexity index is 226. The van der Waals surface area contributed by atoms with Crippen molar-refractivity contribution in [2.24, 2.45) is 0 Å². The van der Waals surface area contributed by atoms with Gasteiger partial charge in [-0.15, -0.1) is 12.3 Å². The number of carboxylic acids is 1. The molecule has 4 heteroatoms. The first-order valence-electron chi connectivity index (χ1n) is 3.19. The molecule has 0 aliphatic rings. The van der Waals surface area contributed by atoms with Crippen molar-refractivity contribution >= 4 is 13.1 Å². The smallest absolute Gasteiger partial charge is 0.310 e. The van der Waals surface area contributed by atoms with E-state index in [2.05, 4.69) is 5.92 Å². The predicted octanol–water partition coefficient (Wildman–Crippen LogP) is 1.09. The van der Waals surface area contributed by atoms with E-state index in [1.807, 2.05) is 0 Å². The van der Waals surface area contributed by atoms with E-state index in [9.17, 15) is 9.36 Å². The minimum atomic E-state index is -2.51. The lowest BCUT2D eigenvalue weighted by Gasteiger charge is -2.06. The van der Waals surface area contributed by atoms with Gasteiger partial charge in [-0.1, -0.05) is 0 Å². The maximum Gasteiger partial charge on any atom is 0.310 e. The zero-order valence-corrected chi connectivity index (χ0v) is 7.30. The molecule has 0 radical (unpaired) electrons. The Morgan fingerprint density at radius 1 is 1.73 bits per heavy atom. The van der Waals surface area contributed by atoms with Crippen molar-refractivity contribution in [2.45, 2.75) is 6.42 Å². The summed E-state index contributed by atoms with van der Waals surface area (Å²) in [5.41, 5.74) is 0. The van der Waals surface area contributed by atoms with Crippen LogP contribution in [0.5, 0.6) is 0 Å². The molecule has 0 saturated carbocycles. The highest BCUT2D eigenvalue weighted by Gasteiger charge is 2.18. The second-order valence-electron chi connectivity index (χ2n) is 2.53. The van der Waals surface area contributed by atoms with Crippen LogP contribution in [0.1, 0.15) is 6.42 Å². The second-order valence-corrected chi connectivity index (χ2v) is 5.88. The van der Waals surface area contributed by atoms with Gasteiger partial charge >= 0.3 is 5.97 Å². The van der Waals surface area contributed by atoms with E-state index in [0.29, 0.717) is 12.6 Å². The fraction of sp³-hybridized carbons (Fsp3) is 0.571. The lowest BCUT2D eigenvalue weighted by molar-refractivity contribution is -0.134. The van der Waals surface area contributed by atoms with Gasteiger partial charge in [0, 0.05) is 12.6 Å². The number of carboxylic acid groups (broad SMARTS) is 1. The fourth-order valence-electron chi connectivity index (χ4n) is 0.666. The topological polar surface area (TPSA) is 54.4 Å². The number of hydrogen-bond acceptors (Lipinski definition) is 2. The molecule has 0 spiro atoms. The Labute approximate surface area is 66.2 Å². The first-order valence-corrected chi connectivity index (χ1v) is 5.71. The van der Waals surface area contributed by atoms with Gasteiger partial charge in [0.25, 0.3) is 0 Å². The van der Waals surface area contributed by atoms with Gasteiger partial charge in [0.1, 0.15) is 0 Å². The number of hydrogen-bond donors (Lipinski definition) is 1. The van der Waals surface area contributed by atoms with Crippen LogP contribution in [0.25, 0.3) is 0 Å². The molecular weight excluding hydrogens is 163 g/mol. The molecule has 11 heavy (non-hydrogen) atoms. The molecule has 62 valence electrons. The molecule has 1 unspecified atom stereocenters. The molecule has 0 rings (SSSR count). The summed E-state index contributed by atoms with van der Waals surface area (Å²) in [5, 5.41) is 8.32. The maximum absolute atomic E-state index is 11.3. The van der Waals surface area contributed by atoms with Crippen molar-refractivity contribution in [1.82, 2.24) is 0 Å². The van der Waals surface area contributed by atoms with Crippen LogP contribution >= 0.6 is 7.14 Å². The highest BCUT2D eigenvalue weighted by molar-refractivity contribution is 7.64. The molecule has 1 N–H and O–H groups in total. The summed E-state index contributed by atoms with van der Waals surface area (Å²) in [6, 6.07) is 0. The van der Waals surface area contributed by atoms with E-state index >= 15 is 0 Å². The van der Waals surface area contributed by atoms with Crippen LogP contribution in [0.3, 0.4) is 0 Å². The molecule has 0 aromatic carbocycles. The molecule has 0 aliphatic heterocycles. The predicted molar refractivity (Wildman–Crippen MR) is 44.4 cm³/mol. The minimum absolute atomic E-state index is 0.255. The normalized spacial score (nSPS) is 14.9. The van der Waals surface area contributed by atoms with Gasteiger partial charge in [0.2, 0.25) is 0 Å². The molecule has 3 nitrogen and oxygen atoms in total. The lowest BCUT2D eigenvalue weighted by atomic mass is 10.5. The van der Waals surface area contributed by atoms with Crippen molar-refractivity contribution < 1.29 is 14.5 Å². The summed E-state index contributed by atoms with van der Waals surface area (Å²) >= 11 is 0. The molecule has 0 bridgehead atoms. The highest BCUT2D eigenvalue weighted by atomic mass is 31.2. The Morgan fingerprint density at radius 3 is 2.64 bits per heavy atom. The molecule has 0 amide bonds. The van der Waals surface area contributed by atoms with Crippen LogP contribution in [-0.2, 0) is 9.36 Å². The zero-order chi connectivity index (χ0) is 8.91. The first kappa shape index (κ1) is 10.3. The van der Waals surface area contributed by atoms with Crippen molar-refractivity contribution in [3.05, 3.63) is 0 Å². The minimum Gasteiger partial charge on any atom is -0.481 e. The molecular formula is C7H11O3P. The Kier molecular flexibility index (Phi) is 3.92. The van der Waals surface area contributed by atoms with Crippen molar-refractivity contribution in [2.75, 3.05) is 19.0 Å². The summed E-state index contributed by atoms with van der Waals surface area (Å²) in [5.74, 6) is 1.31. The standard InChI is InChI=1S/C7H11O3P/c1-3-4-5-11(2,10)6-7(8)9/h1H,4-6H2,2H3,(H,8,9). The summed E-state index contributed by atoms with van der Waals surface area (Å²) in [7, 11) is -2.51. The largest absolute Gasteiger partial charge is 0.481 e. The van der Waals surface area contributed by atoms with E-state index in [0.717, 1.165) is 0 Å². The SMILES string of the molecule is C#CCCP(C)(=O)CC(=O)O. The first-order chi connectivity index (χ1) is 4.98. The van der Waals surface area contributed by atoms with E-state index in [4.69, 9.17) is 11.5 Å². The number of terminal acetylenes is 1. The van der Waals surface area contributed by atoms with Gasteiger partial charge in [-0.25, -0.2) is 0 Å². The van der Waals surface area contributed by atoms with Crippen molar-refractivity contribution in [1.29, 1.82) is 0 Å².